The highest BCUT2D eigenvalue weighted by Crippen LogP contribution is 2.22. The van der Waals surface area contributed by atoms with Crippen LogP contribution in [0.2, 0.25) is 0 Å². The van der Waals surface area contributed by atoms with Crippen molar-refractivity contribution < 1.29 is 17.6 Å². The van der Waals surface area contributed by atoms with Crippen LogP contribution >= 0.6 is 11.8 Å². The van der Waals surface area contributed by atoms with Gasteiger partial charge in [-0.25, -0.2) is 18.4 Å². The summed E-state index contributed by atoms with van der Waals surface area (Å²) in [5.74, 6) is 0.616. The van der Waals surface area contributed by atoms with Crippen LogP contribution in [0.25, 0.3) is 0 Å². The Bertz CT molecular complexity index is 786. The molecular formula is C16H19N3O4S2. The number of thioether (sulfide) groups is 1. The van der Waals surface area contributed by atoms with Gasteiger partial charge in [-0.3, -0.25) is 4.79 Å². The summed E-state index contributed by atoms with van der Waals surface area (Å²) in [4.78, 5) is 22.1. The van der Waals surface area contributed by atoms with E-state index in [1.165, 1.54) is 18.0 Å². The van der Waals surface area contributed by atoms with Gasteiger partial charge in [-0.1, -0.05) is 11.8 Å². The largest absolute Gasteiger partial charge is 0.468 e. The van der Waals surface area contributed by atoms with Gasteiger partial charge in [0.1, 0.15) is 11.5 Å². The number of likely N-dealkylation sites (tertiary alicyclic amines) is 1. The average Bonchev–Trinajstić information content (AvgIpc) is 3.13. The molecular weight excluding hydrogens is 362 g/mol. The van der Waals surface area contributed by atoms with Gasteiger partial charge in [-0.2, -0.15) is 0 Å². The number of aromatic nitrogens is 2. The number of carbonyl (C=O) groups excluding carboxylic acids is 1. The van der Waals surface area contributed by atoms with Crippen molar-refractivity contribution in [1.29, 1.82) is 0 Å². The quantitative estimate of drug-likeness (QED) is 0.556. The van der Waals surface area contributed by atoms with E-state index in [0.717, 1.165) is 0 Å². The Labute approximate surface area is 150 Å². The van der Waals surface area contributed by atoms with Crippen molar-refractivity contribution >= 4 is 27.5 Å². The normalized spacial score (nSPS) is 16.1. The molecule has 1 saturated heterocycles. The van der Waals surface area contributed by atoms with Crippen molar-refractivity contribution in [3.63, 3.8) is 0 Å². The standard InChI is InChI=1S/C16H19N3O4S2/c20-15(11-24-16-17-6-2-7-18-16)19-8-4-14(5-9-19)25(21,22)12-13-3-1-10-23-13/h1-3,6-7,10,14H,4-5,8-9,11-12H2. The highest BCUT2D eigenvalue weighted by atomic mass is 32.2. The zero-order valence-corrected chi connectivity index (χ0v) is 15.2. The molecule has 7 nitrogen and oxygen atoms in total. The fraction of sp³-hybridized carbons (Fsp3) is 0.438. The van der Waals surface area contributed by atoms with E-state index in [0.29, 0.717) is 36.8 Å². The van der Waals surface area contributed by atoms with Crippen LogP contribution in [0, 0.1) is 0 Å². The van der Waals surface area contributed by atoms with E-state index in [2.05, 4.69) is 9.97 Å². The fourth-order valence-electron chi connectivity index (χ4n) is 2.75. The Hall–Kier alpha value is -1.87. The number of sulfone groups is 1. The molecule has 0 atom stereocenters. The molecule has 0 aromatic carbocycles. The first-order valence-corrected chi connectivity index (χ1v) is 10.7. The van der Waals surface area contributed by atoms with Gasteiger partial charge < -0.3 is 9.32 Å². The van der Waals surface area contributed by atoms with Crippen molar-refractivity contribution in [3.05, 3.63) is 42.6 Å². The molecule has 3 rings (SSSR count). The summed E-state index contributed by atoms with van der Waals surface area (Å²) < 4.78 is 30.0. The summed E-state index contributed by atoms with van der Waals surface area (Å²) in [5.41, 5.74) is 0. The predicted molar refractivity (Wildman–Crippen MR) is 93.7 cm³/mol. The summed E-state index contributed by atoms with van der Waals surface area (Å²) in [7, 11) is -3.27. The lowest BCUT2D eigenvalue weighted by molar-refractivity contribution is -0.129. The van der Waals surface area contributed by atoms with Gasteiger partial charge in [-0.05, 0) is 31.0 Å². The Morgan fingerprint density at radius 1 is 1.24 bits per heavy atom. The number of hydrogen-bond donors (Lipinski definition) is 0. The van der Waals surface area contributed by atoms with E-state index in [4.69, 9.17) is 4.42 Å². The van der Waals surface area contributed by atoms with Crippen LogP contribution in [0.15, 0.2) is 46.4 Å². The SMILES string of the molecule is O=C(CSc1ncccn1)N1CCC(S(=O)(=O)Cc2ccco2)CC1. The molecule has 9 heteroatoms. The van der Waals surface area contributed by atoms with Gasteiger partial charge in [0.05, 0.1) is 17.3 Å². The molecule has 134 valence electrons. The minimum Gasteiger partial charge on any atom is -0.468 e. The second-order valence-electron chi connectivity index (χ2n) is 5.79. The lowest BCUT2D eigenvalue weighted by Gasteiger charge is -2.31. The van der Waals surface area contributed by atoms with Crippen LogP contribution in [0.3, 0.4) is 0 Å². The highest BCUT2D eigenvalue weighted by Gasteiger charge is 2.32. The van der Waals surface area contributed by atoms with Crippen molar-refractivity contribution in [3.8, 4) is 0 Å². The molecule has 2 aromatic rings. The van der Waals surface area contributed by atoms with E-state index in [1.807, 2.05) is 0 Å². The Balaban J connectivity index is 1.48. The molecule has 1 aliphatic rings. The molecule has 25 heavy (non-hydrogen) atoms. The zero-order chi connectivity index (χ0) is 17.7. The molecule has 1 fully saturated rings. The number of piperidine rings is 1. The summed E-state index contributed by atoms with van der Waals surface area (Å²) in [6.45, 7) is 0.911. The summed E-state index contributed by atoms with van der Waals surface area (Å²) in [5, 5.41) is 0.138. The number of nitrogens with zero attached hydrogens (tertiary/aromatic N) is 3. The van der Waals surface area contributed by atoms with Crippen molar-refractivity contribution in [2.24, 2.45) is 0 Å². The first-order valence-electron chi connectivity index (χ1n) is 7.96. The number of carbonyl (C=O) groups is 1. The minimum absolute atomic E-state index is 0.0145. The average molecular weight is 381 g/mol. The maximum absolute atomic E-state index is 12.5. The number of hydrogen-bond acceptors (Lipinski definition) is 7. The van der Waals surface area contributed by atoms with Gasteiger partial charge in [0.15, 0.2) is 15.0 Å². The topological polar surface area (TPSA) is 93.4 Å². The molecule has 0 spiro atoms. The first-order chi connectivity index (χ1) is 12.0. The second-order valence-corrected chi connectivity index (χ2v) is 9.01. The van der Waals surface area contributed by atoms with Crippen molar-refractivity contribution in [2.45, 2.75) is 29.0 Å². The molecule has 0 radical (unpaired) electrons. The van der Waals surface area contributed by atoms with Crippen LogP contribution in [0.1, 0.15) is 18.6 Å². The summed E-state index contributed by atoms with van der Waals surface area (Å²) in [6.07, 6.45) is 5.66. The van der Waals surface area contributed by atoms with E-state index >= 15 is 0 Å². The Kier molecular flexibility index (Phi) is 5.74. The molecule has 1 amide bonds. The zero-order valence-electron chi connectivity index (χ0n) is 13.6. The van der Waals surface area contributed by atoms with Gasteiger partial charge >= 0.3 is 0 Å². The molecule has 0 N–H and O–H groups in total. The molecule has 0 aliphatic carbocycles. The number of furan rings is 1. The van der Waals surface area contributed by atoms with Crippen LogP contribution in [0.5, 0.6) is 0 Å². The highest BCUT2D eigenvalue weighted by molar-refractivity contribution is 7.99. The van der Waals surface area contributed by atoms with E-state index < -0.39 is 15.1 Å². The van der Waals surface area contributed by atoms with Gasteiger partial charge in [0.25, 0.3) is 0 Å². The number of amides is 1. The maximum atomic E-state index is 12.5. The molecule has 0 saturated carbocycles. The van der Waals surface area contributed by atoms with Gasteiger partial charge in [0.2, 0.25) is 5.91 Å². The van der Waals surface area contributed by atoms with Gasteiger partial charge in [-0.15, -0.1) is 0 Å². The van der Waals surface area contributed by atoms with Crippen LogP contribution in [-0.2, 0) is 20.4 Å². The molecule has 1 aliphatic heterocycles. The molecule has 0 bridgehead atoms. The third-order valence-electron chi connectivity index (χ3n) is 4.09. The van der Waals surface area contributed by atoms with Gasteiger partial charge in [0, 0.05) is 25.5 Å². The monoisotopic (exact) mass is 381 g/mol. The van der Waals surface area contributed by atoms with Crippen molar-refractivity contribution in [1.82, 2.24) is 14.9 Å². The maximum Gasteiger partial charge on any atom is 0.233 e. The Morgan fingerprint density at radius 2 is 1.96 bits per heavy atom. The summed E-state index contributed by atoms with van der Waals surface area (Å²) in [6, 6.07) is 5.07. The summed E-state index contributed by atoms with van der Waals surface area (Å²) >= 11 is 1.29. The third-order valence-corrected chi connectivity index (χ3v) is 7.13. The van der Waals surface area contributed by atoms with Crippen LogP contribution in [0.4, 0.5) is 0 Å². The van der Waals surface area contributed by atoms with Crippen LogP contribution < -0.4 is 0 Å². The molecule has 3 heterocycles. The number of rotatable bonds is 6. The first kappa shape index (κ1) is 17.9. The smallest absolute Gasteiger partial charge is 0.233 e. The molecule has 2 aromatic heterocycles. The minimum atomic E-state index is -3.27. The lowest BCUT2D eigenvalue weighted by atomic mass is 10.1. The van der Waals surface area contributed by atoms with E-state index in [1.54, 1.807) is 35.5 Å². The second kappa shape index (κ2) is 8.01. The van der Waals surface area contributed by atoms with E-state index in [9.17, 15) is 13.2 Å². The van der Waals surface area contributed by atoms with E-state index in [-0.39, 0.29) is 17.4 Å². The lowest BCUT2D eigenvalue weighted by Crippen LogP contribution is -2.43. The molecule has 0 unspecified atom stereocenters. The van der Waals surface area contributed by atoms with Crippen LogP contribution in [-0.4, -0.2) is 53.3 Å². The Morgan fingerprint density at radius 3 is 2.60 bits per heavy atom. The fourth-order valence-corrected chi connectivity index (χ4v) is 5.18. The third kappa shape index (κ3) is 4.82. The predicted octanol–water partition coefficient (Wildman–Crippen LogP) is 1.77. The van der Waals surface area contributed by atoms with Crippen molar-refractivity contribution in [2.75, 3.05) is 18.8 Å².